The highest BCUT2D eigenvalue weighted by Gasteiger charge is 2.23. The zero-order valence-corrected chi connectivity index (χ0v) is 17.7. The van der Waals surface area contributed by atoms with Crippen LogP contribution in [0, 0.1) is 0 Å². The molecule has 0 atom stereocenters. The number of carbonyl (C=O) groups excluding carboxylic acids is 1. The Kier molecular flexibility index (Phi) is 6.62. The highest BCUT2D eigenvalue weighted by Crippen LogP contribution is 2.25. The standard InChI is InChI=1S/C19H21Cl2N3O3S/c1-28(26,27)24-10-8-23(9-11-24)13-14-2-4-15(5-3-14)19(25)22-16-6-7-17(20)18(21)12-16/h2-7,12H,8-11,13H2,1H3,(H,22,25). The van der Waals surface area contributed by atoms with Gasteiger partial charge in [0.25, 0.3) is 5.91 Å². The SMILES string of the molecule is CS(=O)(=O)N1CCN(Cc2ccc(C(=O)Nc3ccc(Cl)c(Cl)c3)cc2)CC1. The van der Waals surface area contributed by atoms with Crippen LogP contribution in [0.1, 0.15) is 15.9 Å². The highest BCUT2D eigenvalue weighted by molar-refractivity contribution is 7.88. The number of nitrogens with zero attached hydrogens (tertiary/aromatic N) is 2. The molecule has 0 spiro atoms. The smallest absolute Gasteiger partial charge is 0.255 e. The zero-order valence-electron chi connectivity index (χ0n) is 15.4. The maximum Gasteiger partial charge on any atom is 0.255 e. The molecule has 2 aromatic rings. The summed E-state index contributed by atoms with van der Waals surface area (Å²) in [6, 6.07) is 12.3. The molecule has 28 heavy (non-hydrogen) atoms. The molecule has 0 aliphatic carbocycles. The summed E-state index contributed by atoms with van der Waals surface area (Å²) >= 11 is 11.8. The molecule has 1 heterocycles. The van der Waals surface area contributed by atoms with Crippen LogP contribution >= 0.6 is 23.2 Å². The van der Waals surface area contributed by atoms with Crippen LogP contribution in [0.3, 0.4) is 0 Å². The van der Waals surface area contributed by atoms with Gasteiger partial charge in [-0.15, -0.1) is 0 Å². The average Bonchev–Trinajstić information content (AvgIpc) is 2.65. The van der Waals surface area contributed by atoms with E-state index in [-0.39, 0.29) is 5.91 Å². The number of anilines is 1. The van der Waals surface area contributed by atoms with E-state index in [2.05, 4.69) is 10.2 Å². The number of amides is 1. The van der Waals surface area contributed by atoms with Crippen molar-refractivity contribution in [2.45, 2.75) is 6.54 Å². The summed E-state index contributed by atoms with van der Waals surface area (Å²) in [5, 5.41) is 3.60. The Morgan fingerprint density at radius 3 is 2.21 bits per heavy atom. The Hall–Kier alpha value is -1.64. The number of hydrogen-bond acceptors (Lipinski definition) is 4. The second-order valence-corrected chi connectivity index (χ2v) is 9.51. The van der Waals surface area contributed by atoms with Crippen molar-refractivity contribution in [3.05, 3.63) is 63.6 Å². The highest BCUT2D eigenvalue weighted by atomic mass is 35.5. The summed E-state index contributed by atoms with van der Waals surface area (Å²) in [7, 11) is -3.12. The van der Waals surface area contributed by atoms with E-state index in [4.69, 9.17) is 23.2 Å². The molecular weight excluding hydrogens is 421 g/mol. The Morgan fingerprint density at radius 2 is 1.64 bits per heavy atom. The van der Waals surface area contributed by atoms with Gasteiger partial charge in [0.2, 0.25) is 10.0 Å². The van der Waals surface area contributed by atoms with Gasteiger partial charge >= 0.3 is 0 Å². The fourth-order valence-corrected chi connectivity index (χ4v) is 4.14. The van der Waals surface area contributed by atoms with Crippen LogP contribution in [-0.4, -0.2) is 56.0 Å². The number of benzene rings is 2. The minimum atomic E-state index is -3.12. The number of sulfonamides is 1. The molecule has 1 aliphatic heterocycles. The summed E-state index contributed by atoms with van der Waals surface area (Å²) in [5.41, 5.74) is 2.18. The van der Waals surface area contributed by atoms with E-state index in [0.717, 1.165) is 5.56 Å². The minimum absolute atomic E-state index is 0.230. The predicted molar refractivity (Wildman–Crippen MR) is 113 cm³/mol. The molecule has 3 rings (SSSR count). The van der Waals surface area contributed by atoms with Crippen LogP contribution in [0.2, 0.25) is 10.0 Å². The van der Waals surface area contributed by atoms with Crippen LogP contribution in [0.25, 0.3) is 0 Å². The molecule has 150 valence electrons. The van der Waals surface area contributed by atoms with Crippen molar-refractivity contribution >= 4 is 44.8 Å². The number of hydrogen-bond donors (Lipinski definition) is 1. The molecule has 0 radical (unpaired) electrons. The van der Waals surface area contributed by atoms with Crippen molar-refractivity contribution in [3.8, 4) is 0 Å². The number of rotatable bonds is 5. The van der Waals surface area contributed by atoms with Gasteiger partial charge in [0, 0.05) is 44.0 Å². The number of piperazine rings is 1. The number of nitrogens with one attached hydrogen (secondary N) is 1. The zero-order chi connectivity index (χ0) is 20.3. The first kappa shape index (κ1) is 21.1. The maximum absolute atomic E-state index is 12.4. The first-order valence-corrected chi connectivity index (χ1v) is 11.4. The molecule has 1 fully saturated rings. The topological polar surface area (TPSA) is 69.7 Å². The van der Waals surface area contributed by atoms with E-state index in [0.29, 0.717) is 54.0 Å². The number of carbonyl (C=O) groups is 1. The molecule has 6 nitrogen and oxygen atoms in total. The van der Waals surface area contributed by atoms with E-state index in [1.165, 1.54) is 10.6 Å². The van der Waals surface area contributed by atoms with E-state index in [1.807, 2.05) is 12.1 Å². The first-order valence-electron chi connectivity index (χ1n) is 8.75. The monoisotopic (exact) mass is 441 g/mol. The van der Waals surface area contributed by atoms with Gasteiger partial charge in [-0.05, 0) is 35.9 Å². The summed E-state index contributed by atoms with van der Waals surface area (Å²) in [5.74, 6) is -0.230. The fraction of sp³-hybridized carbons (Fsp3) is 0.316. The largest absolute Gasteiger partial charge is 0.322 e. The first-order chi connectivity index (χ1) is 13.2. The fourth-order valence-electron chi connectivity index (χ4n) is 3.02. The quantitative estimate of drug-likeness (QED) is 0.772. The normalized spacial score (nSPS) is 16.1. The van der Waals surface area contributed by atoms with Crippen LogP contribution in [0.15, 0.2) is 42.5 Å². The Morgan fingerprint density at radius 1 is 1.00 bits per heavy atom. The van der Waals surface area contributed by atoms with Gasteiger partial charge in [-0.25, -0.2) is 8.42 Å². The molecule has 0 aromatic heterocycles. The van der Waals surface area contributed by atoms with Crippen LogP contribution < -0.4 is 5.32 Å². The van der Waals surface area contributed by atoms with Crippen molar-refractivity contribution in [1.29, 1.82) is 0 Å². The molecule has 9 heteroatoms. The molecular formula is C19H21Cl2N3O3S. The van der Waals surface area contributed by atoms with Gasteiger partial charge in [-0.3, -0.25) is 9.69 Å². The molecule has 2 aromatic carbocycles. The third kappa shape index (κ3) is 5.46. The minimum Gasteiger partial charge on any atom is -0.322 e. The van der Waals surface area contributed by atoms with Crippen molar-refractivity contribution in [1.82, 2.24) is 9.21 Å². The van der Waals surface area contributed by atoms with Crippen molar-refractivity contribution in [2.24, 2.45) is 0 Å². The molecule has 0 bridgehead atoms. The molecule has 1 N–H and O–H groups in total. The lowest BCUT2D eigenvalue weighted by Crippen LogP contribution is -2.47. The molecule has 1 amide bonds. The molecule has 0 unspecified atom stereocenters. The predicted octanol–water partition coefficient (Wildman–Crippen LogP) is 3.32. The molecule has 1 saturated heterocycles. The Balaban J connectivity index is 1.56. The molecule has 1 aliphatic rings. The van der Waals surface area contributed by atoms with E-state index in [9.17, 15) is 13.2 Å². The van der Waals surface area contributed by atoms with Crippen LogP contribution in [-0.2, 0) is 16.6 Å². The van der Waals surface area contributed by atoms with E-state index < -0.39 is 10.0 Å². The summed E-state index contributed by atoms with van der Waals surface area (Å²) < 4.78 is 24.6. The Labute approximate surface area is 175 Å². The second kappa shape index (κ2) is 8.80. The van der Waals surface area contributed by atoms with E-state index in [1.54, 1.807) is 30.3 Å². The van der Waals surface area contributed by atoms with E-state index >= 15 is 0 Å². The van der Waals surface area contributed by atoms with Gasteiger partial charge in [0.1, 0.15) is 0 Å². The van der Waals surface area contributed by atoms with Crippen molar-refractivity contribution in [2.75, 3.05) is 37.8 Å². The lowest BCUT2D eigenvalue weighted by Gasteiger charge is -2.33. The van der Waals surface area contributed by atoms with Gasteiger partial charge in [-0.1, -0.05) is 35.3 Å². The Bertz CT molecular complexity index is 957. The number of halogens is 2. The van der Waals surface area contributed by atoms with Crippen LogP contribution in [0.4, 0.5) is 5.69 Å². The third-order valence-electron chi connectivity index (χ3n) is 4.60. The molecule has 0 saturated carbocycles. The summed E-state index contributed by atoms with van der Waals surface area (Å²) in [6.07, 6.45) is 1.24. The third-order valence-corrected chi connectivity index (χ3v) is 6.64. The second-order valence-electron chi connectivity index (χ2n) is 6.72. The van der Waals surface area contributed by atoms with Gasteiger partial charge in [0.05, 0.1) is 16.3 Å². The van der Waals surface area contributed by atoms with Crippen molar-refractivity contribution in [3.63, 3.8) is 0 Å². The van der Waals surface area contributed by atoms with Crippen LogP contribution in [0.5, 0.6) is 0 Å². The average molecular weight is 442 g/mol. The lowest BCUT2D eigenvalue weighted by molar-refractivity contribution is 0.102. The van der Waals surface area contributed by atoms with Crippen molar-refractivity contribution < 1.29 is 13.2 Å². The van der Waals surface area contributed by atoms with Gasteiger partial charge < -0.3 is 5.32 Å². The van der Waals surface area contributed by atoms with Gasteiger partial charge in [-0.2, -0.15) is 4.31 Å². The lowest BCUT2D eigenvalue weighted by atomic mass is 10.1. The van der Waals surface area contributed by atoms with Gasteiger partial charge in [0.15, 0.2) is 0 Å². The summed E-state index contributed by atoms with van der Waals surface area (Å²) in [4.78, 5) is 14.6. The summed E-state index contributed by atoms with van der Waals surface area (Å²) in [6.45, 7) is 3.09. The maximum atomic E-state index is 12.4.